The predicted octanol–water partition coefficient (Wildman–Crippen LogP) is 2.29. The van der Waals surface area contributed by atoms with Gasteiger partial charge in [-0.2, -0.15) is 0 Å². The normalized spacial score (nSPS) is 12.1. The van der Waals surface area contributed by atoms with Crippen molar-refractivity contribution in [3.63, 3.8) is 0 Å². The molecule has 2 aromatic rings. The summed E-state index contributed by atoms with van der Waals surface area (Å²) in [5.74, 6) is 1.41. The molecule has 0 saturated heterocycles. The van der Waals surface area contributed by atoms with E-state index in [1.807, 2.05) is 18.2 Å². The molecular formula is C21H24N2O6. The lowest BCUT2D eigenvalue weighted by Crippen LogP contribution is -2.36. The molecule has 0 fully saturated rings. The lowest BCUT2D eigenvalue weighted by Gasteiger charge is -2.18. The Morgan fingerprint density at radius 1 is 0.966 bits per heavy atom. The van der Waals surface area contributed by atoms with Crippen molar-refractivity contribution in [3.8, 4) is 17.2 Å². The monoisotopic (exact) mass is 400 g/mol. The molecule has 0 bridgehead atoms. The molecule has 0 atom stereocenters. The Balaban J connectivity index is 1.47. The van der Waals surface area contributed by atoms with E-state index in [0.717, 1.165) is 22.6 Å². The van der Waals surface area contributed by atoms with Crippen molar-refractivity contribution < 1.29 is 28.5 Å². The van der Waals surface area contributed by atoms with E-state index in [1.54, 1.807) is 18.2 Å². The number of methoxy groups -OCH3 is 2. The van der Waals surface area contributed by atoms with Crippen LogP contribution in [0.1, 0.15) is 21.5 Å². The van der Waals surface area contributed by atoms with E-state index in [0.29, 0.717) is 37.5 Å². The molecule has 1 aliphatic heterocycles. The van der Waals surface area contributed by atoms with Crippen LogP contribution in [0.5, 0.6) is 17.2 Å². The largest absolute Gasteiger partial charge is 0.496 e. The number of hydrogen-bond acceptors (Lipinski definition) is 6. The predicted molar refractivity (Wildman–Crippen MR) is 106 cm³/mol. The average molecular weight is 400 g/mol. The van der Waals surface area contributed by atoms with E-state index < -0.39 is 5.97 Å². The molecule has 1 heterocycles. The number of carbonyl (C=O) groups excluding carboxylic acids is 2. The number of carbonyl (C=O) groups is 2. The van der Waals surface area contributed by atoms with Gasteiger partial charge in [0.05, 0.1) is 14.2 Å². The molecule has 2 N–H and O–H groups in total. The fourth-order valence-corrected chi connectivity index (χ4v) is 2.94. The van der Waals surface area contributed by atoms with Gasteiger partial charge in [0.2, 0.25) is 0 Å². The SMILES string of the molecule is COC(=O)c1cc(CNC(=O)NCCc2ccc3c(c2)OCCO3)ccc1OC. The van der Waals surface area contributed by atoms with Gasteiger partial charge in [-0.25, -0.2) is 9.59 Å². The minimum atomic E-state index is -0.493. The molecule has 3 rings (SSSR count). The Morgan fingerprint density at radius 3 is 2.48 bits per heavy atom. The number of ether oxygens (including phenoxy) is 4. The second kappa shape index (κ2) is 9.68. The summed E-state index contributed by atoms with van der Waals surface area (Å²) in [6, 6.07) is 10.6. The van der Waals surface area contributed by atoms with Crippen LogP contribution in [0.25, 0.3) is 0 Å². The number of rotatable bonds is 7. The molecule has 0 spiro atoms. The second-order valence-electron chi connectivity index (χ2n) is 6.36. The van der Waals surface area contributed by atoms with Gasteiger partial charge in [0, 0.05) is 13.1 Å². The molecule has 8 nitrogen and oxygen atoms in total. The molecule has 29 heavy (non-hydrogen) atoms. The number of nitrogens with one attached hydrogen (secondary N) is 2. The third kappa shape index (κ3) is 5.31. The Kier molecular flexibility index (Phi) is 6.78. The molecule has 0 aromatic heterocycles. The zero-order chi connectivity index (χ0) is 20.6. The number of fused-ring (bicyclic) bond motifs is 1. The van der Waals surface area contributed by atoms with Crippen molar-refractivity contribution in [1.82, 2.24) is 10.6 Å². The minimum Gasteiger partial charge on any atom is -0.496 e. The van der Waals surface area contributed by atoms with Crippen molar-refractivity contribution in [2.75, 3.05) is 34.0 Å². The van der Waals surface area contributed by atoms with Gasteiger partial charge in [0.15, 0.2) is 11.5 Å². The maximum Gasteiger partial charge on any atom is 0.341 e. The Bertz CT molecular complexity index is 883. The fraction of sp³-hybridized carbons (Fsp3) is 0.333. The van der Waals surface area contributed by atoms with Crippen LogP contribution in [0.2, 0.25) is 0 Å². The molecule has 0 aliphatic carbocycles. The average Bonchev–Trinajstić information content (AvgIpc) is 2.76. The highest BCUT2D eigenvalue weighted by atomic mass is 16.6. The van der Waals surface area contributed by atoms with E-state index in [1.165, 1.54) is 14.2 Å². The van der Waals surface area contributed by atoms with Gasteiger partial charge in [0.25, 0.3) is 0 Å². The Morgan fingerprint density at radius 2 is 1.72 bits per heavy atom. The van der Waals surface area contributed by atoms with E-state index in [4.69, 9.17) is 18.9 Å². The van der Waals surface area contributed by atoms with E-state index in [2.05, 4.69) is 10.6 Å². The fourth-order valence-electron chi connectivity index (χ4n) is 2.94. The molecule has 154 valence electrons. The quantitative estimate of drug-likeness (QED) is 0.693. The van der Waals surface area contributed by atoms with Crippen LogP contribution in [0.15, 0.2) is 36.4 Å². The first kappa shape index (κ1) is 20.3. The number of hydrogen-bond donors (Lipinski definition) is 2. The van der Waals surface area contributed by atoms with Crippen molar-refractivity contribution in [1.29, 1.82) is 0 Å². The Labute approximate surface area is 169 Å². The van der Waals surface area contributed by atoms with Gasteiger partial charge in [0.1, 0.15) is 24.5 Å². The van der Waals surface area contributed by atoms with Gasteiger partial charge in [-0.3, -0.25) is 0 Å². The lowest BCUT2D eigenvalue weighted by molar-refractivity contribution is 0.0597. The van der Waals surface area contributed by atoms with Gasteiger partial charge in [-0.15, -0.1) is 0 Å². The zero-order valence-electron chi connectivity index (χ0n) is 16.4. The van der Waals surface area contributed by atoms with Crippen molar-refractivity contribution in [2.45, 2.75) is 13.0 Å². The maximum absolute atomic E-state index is 12.1. The molecule has 2 amide bonds. The first-order chi connectivity index (χ1) is 14.1. The summed E-state index contributed by atoms with van der Waals surface area (Å²) in [5, 5.41) is 5.58. The maximum atomic E-state index is 12.1. The standard InChI is InChI=1S/C21H24N2O6/c1-26-17-5-4-15(11-16(17)20(24)27-2)13-23-21(25)22-8-7-14-3-6-18-19(12-14)29-10-9-28-18/h3-6,11-12H,7-10,13H2,1-2H3,(H2,22,23,25). The second-order valence-corrected chi connectivity index (χ2v) is 6.36. The molecule has 1 aliphatic rings. The summed E-state index contributed by atoms with van der Waals surface area (Å²) < 4.78 is 21.0. The molecule has 0 unspecified atom stereocenters. The van der Waals surface area contributed by atoms with Crippen LogP contribution in [-0.2, 0) is 17.7 Å². The van der Waals surface area contributed by atoms with E-state index in [9.17, 15) is 9.59 Å². The Hall–Kier alpha value is -3.42. The van der Waals surface area contributed by atoms with Crippen molar-refractivity contribution >= 4 is 12.0 Å². The van der Waals surface area contributed by atoms with Crippen molar-refractivity contribution in [3.05, 3.63) is 53.1 Å². The van der Waals surface area contributed by atoms with E-state index in [-0.39, 0.29) is 12.6 Å². The van der Waals surface area contributed by atoms with Gasteiger partial charge in [-0.05, 0) is 41.8 Å². The lowest BCUT2D eigenvalue weighted by atomic mass is 10.1. The number of esters is 1. The molecular weight excluding hydrogens is 376 g/mol. The van der Waals surface area contributed by atoms with Crippen LogP contribution in [-0.4, -0.2) is 46.0 Å². The first-order valence-electron chi connectivity index (χ1n) is 9.26. The van der Waals surface area contributed by atoms with Crippen LogP contribution < -0.4 is 24.8 Å². The third-order valence-corrected chi connectivity index (χ3v) is 4.43. The summed E-state index contributed by atoms with van der Waals surface area (Å²) in [5.41, 5.74) is 2.12. The molecule has 0 saturated carbocycles. The van der Waals surface area contributed by atoms with Gasteiger partial charge >= 0.3 is 12.0 Å². The number of amides is 2. The number of urea groups is 1. The van der Waals surface area contributed by atoms with E-state index >= 15 is 0 Å². The summed E-state index contributed by atoms with van der Waals surface area (Å²) in [4.78, 5) is 23.9. The van der Waals surface area contributed by atoms with Crippen LogP contribution >= 0.6 is 0 Å². The minimum absolute atomic E-state index is 0.268. The third-order valence-electron chi connectivity index (χ3n) is 4.43. The molecule has 2 aromatic carbocycles. The smallest absolute Gasteiger partial charge is 0.341 e. The summed E-state index contributed by atoms with van der Waals surface area (Å²) in [6.07, 6.45) is 0.666. The first-order valence-corrected chi connectivity index (χ1v) is 9.26. The van der Waals surface area contributed by atoms with Gasteiger partial charge in [-0.1, -0.05) is 12.1 Å². The highest BCUT2D eigenvalue weighted by Crippen LogP contribution is 2.30. The van der Waals surface area contributed by atoms with Crippen LogP contribution in [0.4, 0.5) is 4.79 Å². The van der Waals surface area contributed by atoms with Crippen LogP contribution in [0, 0.1) is 0 Å². The topological polar surface area (TPSA) is 95.1 Å². The molecule has 8 heteroatoms. The highest BCUT2D eigenvalue weighted by molar-refractivity contribution is 5.92. The van der Waals surface area contributed by atoms with Crippen LogP contribution in [0.3, 0.4) is 0 Å². The van der Waals surface area contributed by atoms with Crippen molar-refractivity contribution in [2.24, 2.45) is 0 Å². The highest BCUT2D eigenvalue weighted by Gasteiger charge is 2.14. The number of benzene rings is 2. The van der Waals surface area contributed by atoms with Gasteiger partial charge < -0.3 is 29.6 Å². The zero-order valence-corrected chi connectivity index (χ0v) is 16.4. The molecule has 0 radical (unpaired) electrons. The summed E-state index contributed by atoms with van der Waals surface area (Å²) in [7, 11) is 2.79. The summed E-state index contributed by atoms with van der Waals surface area (Å²) >= 11 is 0. The summed E-state index contributed by atoms with van der Waals surface area (Å²) in [6.45, 7) is 1.84.